The van der Waals surface area contributed by atoms with Gasteiger partial charge >= 0.3 is 6.09 Å². The van der Waals surface area contributed by atoms with Crippen molar-refractivity contribution in [3.05, 3.63) is 0 Å². The zero-order valence-corrected chi connectivity index (χ0v) is 14.0. The highest BCUT2D eigenvalue weighted by Gasteiger charge is 2.52. The molecule has 2 fully saturated rings. The molecule has 122 valence electrons. The van der Waals surface area contributed by atoms with Crippen molar-refractivity contribution in [3.63, 3.8) is 0 Å². The molecule has 2 unspecified atom stereocenters. The van der Waals surface area contributed by atoms with Crippen molar-refractivity contribution in [3.8, 4) is 0 Å². The average molecular weight is 318 g/mol. The number of nitrogens with zero attached hydrogens (tertiary/aromatic N) is 1. The van der Waals surface area contributed by atoms with Gasteiger partial charge in [-0.2, -0.15) is 0 Å². The van der Waals surface area contributed by atoms with Crippen molar-refractivity contribution in [1.82, 2.24) is 9.62 Å². The normalized spacial score (nSPS) is 30.6. The summed E-state index contributed by atoms with van der Waals surface area (Å²) in [6, 6.07) is 0.00787. The Morgan fingerprint density at radius 3 is 2.48 bits per heavy atom. The van der Waals surface area contributed by atoms with Crippen LogP contribution in [-0.2, 0) is 16.1 Å². The molecule has 2 heterocycles. The van der Waals surface area contributed by atoms with Gasteiger partial charge in [0.2, 0.25) is 0 Å². The zero-order chi connectivity index (χ0) is 15.8. The molecule has 0 radical (unpaired) electrons. The second-order valence-corrected chi connectivity index (χ2v) is 9.12. The summed E-state index contributed by atoms with van der Waals surface area (Å²) in [7, 11) is 0. The molecule has 2 saturated heterocycles. The fourth-order valence-electron chi connectivity index (χ4n) is 3.09. The number of rotatable bonds is 2. The smallest absolute Gasteiger partial charge is 0.407 e. The number of nitrogens with one attached hydrogen (secondary N) is 1. The summed E-state index contributed by atoms with van der Waals surface area (Å²) >= 11 is -1.15. The number of piperidine rings is 1. The Morgan fingerprint density at radius 1 is 1.43 bits per heavy atom. The molecule has 0 bridgehead atoms. The van der Waals surface area contributed by atoms with E-state index in [0.717, 1.165) is 12.8 Å². The van der Waals surface area contributed by atoms with Crippen LogP contribution in [0.5, 0.6) is 0 Å². The average Bonchev–Trinajstić information content (AvgIpc) is 2.68. The van der Waals surface area contributed by atoms with Crippen LogP contribution in [0.2, 0.25) is 0 Å². The van der Waals surface area contributed by atoms with Gasteiger partial charge in [-0.25, -0.2) is 4.79 Å². The maximum atomic E-state index is 12.4. The molecular formula is C14H26N2O4S. The van der Waals surface area contributed by atoms with Crippen LogP contribution < -0.4 is 4.72 Å². The van der Waals surface area contributed by atoms with E-state index in [2.05, 4.69) is 4.72 Å². The van der Waals surface area contributed by atoms with Crippen molar-refractivity contribution in [2.45, 2.75) is 57.4 Å². The molecule has 6 nitrogen and oxygen atoms in total. The Kier molecular flexibility index (Phi) is 4.78. The first-order valence-electron chi connectivity index (χ1n) is 7.43. The van der Waals surface area contributed by atoms with Crippen LogP contribution in [0.15, 0.2) is 0 Å². The lowest BCUT2D eigenvalue weighted by atomic mass is 9.73. The second kappa shape index (κ2) is 5.95. The van der Waals surface area contributed by atoms with Crippen LogP contribution in [0.3, 0.4) is 0 Å². The van der Waals surface area contributed by atoms with Crippen molar-refractivity contribution in [2.75, 3.05) is 19.7 Å². The molecule has 0 aromatic rings. The Labute approximate surface area is 129 Å². The van der Waals surface area contributed by atoms with Gasteiger partial charge < -0.3 is 19.3 Å². The molecule has 0 saturated carbocycles. The molecule has 3 atom stereocenters. The van der Waals surface area contributed by atoms with Crippen LogP contribution in [0, 0.1) is 5.41 Å². The fraction of sp³-hybridized carbons (Fsp3) is 0.929. The molecule has 2 N–H and O–H groups in total. The SMILES string of the molecule is CC1OCC2(CCN(C(=O)O)CC2)C1N[S@+]([O-])C(C)(C)C. The molecule has 2 rings (SSSR count). The van der Waals surface area contributed by atoms with Gasteiger partial charge in [0.15, 0.2) is 0 Å². The van der Waals surface area contributed by atoms with Crippen LogP contribution in [0.25, 0.3) is 0 Å². The molecule has 0 aliphatic carbocycles. The van der Waals surface area contributed by atoms with Crippen molar-refractivity contribution in [2.24, 2.45) is 5.41 Å². The van der Waals surface area contributed by atoms with E-state index in [1.54, 1.807) is 0 Å². The molecule has 2 aliphatic heterocycles. The molecule has 7 heteroatoms. The van der Waals surface area contributed by atoms with Gasteiger partial charge in [-0.1, -0.05) is 0 Å². The summed E-state index contributed by atoms with van der Waals surface area (Å²) in [5, 5.41) is 9.07. The fourth-order valence-corrected chi connectivity index (χ4v) is 4.12. The molecular weight excluding hydrogens is 292 g/mol. The van der Waals surface area contributed by atoms with E-state index in [1.165, 1.54) is 4.90 Å². The predicted molar refractivity (Wildman–Crippen MR) is 81.5 cm³/mol. The zero-order valence-electron chi connectivity index (χ0n) is 13.2. The van der Waals surface area contributed by atoms with Crippen LogP contribution >= 0.6 is 0 Å². The van der Waals surface area contributed by atoms with E-state index in [9.17, 15) is 9.35 Å². The van der Waals surface area contributed by atoms with Crippen LogP contribution in [0.1, 0.15) is 40.5 Å². The minimum atomic E-state index is -1.15. The lowest BCUT2D eigenvalue weighted by molar-refractivity contribution is 0.0644. The standard InChI is InChI=1S/C14H26N2O4S/c1-10-11(15-21(19)13(2,3)4)14(9-20-10)5-7-16(8-6-14)12(17)18/h10-11,15H,5-9H2,1-4H3,(H,17,18)/t10?,11?,21-/m1/s1. The van der Waals surface area contributed by atoms with E-state index in [0.29, 0.717) is 19.7 Å². The summed E-state index contributed by atoms with van der Waals surface area (Å²) in [5.74, 6) is 0. The maximum absolute atomic E-state index is 12.4. The molecule has 1 amide bonds. The summed E-state index contributed by atoms with van der Waals surface area (Å²) in [6.45, 7) is 9.47. The predicted octanol–water partition coefficient (Wildman–Crippen LogP) is 1.59. The third kappa shape index (κ3) is 3.47. The molecule has 2 aliphatic rings. The van der Waals surface area contributed by atoms with Gasteiger partial charge in [-0.3, -0.25) is 0 Å². The largest absolute Gasteiger partial charge is 0.598 e. The second-order valence-electron chi connectivity index (χ2n) is 7.12. The van der Waals surface area contributed by atoms with Gasteiger partial charge in [-0.15, -0.1) is 4.72 Å². The molecule has 0 aromatic carbocycles. The number of carbonyl (C=O) groups is 1. The summed E-state index contributed by atoms with van der Waals surface area (Å²) in [4.78, 5) is 12.5. The number of likely N-dealkylation sites (tertiary alicyclic amines) is 1. The van der Waals surface area contributed by atoms with Gasteiger partial charge in [-0.05, 0) is 40.5 Å². The summed E-state index contributed by atoms with van der Waals surface area (Å²) < 4.78 is 21.1. The van der Waals surface area contributed by atoms with E-state index >= 15 is 0 Å². The van der Waals surface area contributed by atoms with Gasteiger partial charge in [0.1, 0.15) is 4.75 Å². The molecule has 1 spiro atoms. The Balaban J connectivity index is 2.07. The number of hydrogen-bond acceptors (Lipinski definition) is 4. The third-order valence-electron chi connectivity index (χ3n) is 4.58. The first kappa shape index (κ1) is 16.9. The third-order valence-corrected chi connectivity index (χ3v) is 6.16. The van der Waals surface area contributed by atoms with Crippen LogP contribution in [-0.4, -0.2) is 57.2 Å². The van der Waals surface area contributed by atoms with Gasteiger partial charge in [0.05, 0.1) is 18.8 Å². The first-order chi connectivity index (χ1) is 9.66. The summed E-state index contributed by atoms with van der Waals surface area (Å²) in [5.41, 5.74) is -0.105. The van der Waals surface area contributed by atoms with E-state index < -0.39 is 17.5 Å². The van der Waals surface area contributed by atoms with E-state index in [-0.39, 0.29) is 22.3 Å². The highest BCUT2D eigenvalue weighted by atomic mass is 32.2. The molecule has 0 aromatic heterocycles. The highest BCUT2D eigenvalue weighted by molar-refractivity contribution is 7.90. The van der Waals surface area contributed by atoms with Gasteiger partial charge in [0, 0.05) is 29.9 Å². The lowest BCUT2D eigenvalue weighted by Crippen LogP contribution is -2.57. The number of carboxylic acid groups (broad SMARTS) is 1. The Bertz CT molecular complexity index is 391. The minimum Gasteiger partial charge on any atom is -0.598 e. The monoisotopic (exact) mass is 318 g/mol. The lowest BCUT2D eigenvalue weighted by Gasteiger charge is -2.42. The van der Waals surface area contributed by atoms with Crippen molar-refractivity contribution < 1.29 is 19.2 Å². The Hall–Kier alpha value is -0.500. The topological polar surface area (TPSA) is 84.9 Å². The van der Waals surface area contributed by atoms with Crippen LogP contribution in [0.4, 0.5) is 4.79 Å². The number of amides is 1. The minimum absolute atomic E-state index is 0.00678. The van der Waals surface area contributed by atoms with Gasteiger partial charge in [0.25, 0.3) is 0 Å². The maximum Gasteiger partial charge on any atom is 0.407 e. The number of hydrogen-bond donors (Lipinski definition) is 2. The van der Waals surface area contributed by atoms with E-state index in [4.69, 9.17) is 9.84 Å². The quantitative estimate of drug-likeness (QED) is 0.755. The first-order valence-corrected chi connectivity index (χ1v) is 8.58. The van der Waals surface area contributed by atoms with Crippen molar-refractivity contribution >= 4 is 17.5 Å². The Morgan fingerprint density at radius 2 is 2.00 bits per heavy atom. The van der Waals surface area contributed by atoms with Crippen molar-refractivity contribution in [1.29, 1.82) is 0 Å². The summed E-state index contributed by atoms with van der Waals surface area (Å²) in [6.07, 6.45) is 0.637. The highest BCUT2D eigenvalue weighted by Crippen LogP contribution is 2.42. The van der Waals surface area contributed by atoms with E-state index in [1.807, 2.05) is 27.7 Å². The number of ether oxygens (including phenoxy) is 1. The molecule has 21 heavy (non-hydrogen) atoms.